The van der Waals surface area contributed by atoms with Gasteiger partial charge in [-0.25, -0.2) is 4.79 Å². The Morgan fingerprint density at radius 1 is 1.22 bits per heavy atom. The maximum absolute atomic E-state index is 12.6. The van der Waals surface area contributed by atoms with Crippen LogP contribution in [0.25, 0.3) is 0 Å². The number of ether oxygens (including phenoxy) is 1. The third-order valence-electron chi connectivity index (χ3n) is 4.03. The van der Waals surface area contributed by atoms with E-state index >= 15 is 0 Å². The molecular weight excluding hydrogens is 362 g/mol. The standard InChI is InChI=1S/C16H18BrN3O3/c1-19-15(21)12(10-11-4-2-3-5-13(11)17)14(18-16(19)22)20-6-8-23-9-7-20/h2-5H,6-10H2,1H3,(H,18,22). The van der Waals surface area contributed by atoms with Crippen molar-refractivity contribution < 1.29 is 4.74 Å². The SMILES string of the molecule is Cn1c(=O)[nH]c(N2CCOCC2)c(Cc2ccccc2Br)c1=O. The number of rotatable bonds is 3. The van der Waals surface area contributed by atoms with E-state index in [9.17, 15) is 9.59 Å². The lowest BCUT2D eigenvalue weighted by molar-refractivity contribution is 0.122. The van der Waals surface area contributed by atoms with Gasteiger partial charge in [0.15, 0.2) is 0 Å². The van der Waals surface area contributed by atoms with Crippen molar-refractivity contribution in [2.75, 3.05) is 31.2 Å². The quantitative estimate of drug-likeness (QED) is 0.871. The molecule has 0 amide bonds. The van der Waals surface area contributed by atoms with E-state index < -0.39 is 5.69 Å². The Hall–Kier alpha value is -1.86. The lowest BCUT2D eigenvalue weighted by atomic mass is 10.1. The van der Waals surface area contributed by atoms with Crippen LogP contribution in [0.2, 0.25) is 0 Å². The molecule has 0 spiro atoms. The van der Waals surface area contributed by atoms with E-state index in [-0.39, 0.29) is 5.56 Å². The van der Waals surface area contributed by atoms with Crippen molar-refractivity contribution in [2.45, 2.75) is 6.42 Å². The molecule has 0 saturated carbocycles. The van der Waals surface area contributed by atoms with Crippen LogP contribution in [-0.2, 0) is 18.2 Å². The fourth-order valence-electron chi connectivity index (χ4n) is 2.70. The molecule has 1 aliphatic heterocycles. The molecule has 1 N–H and O–H groups in total. The highest BCUT2D eigenvalue weighted by molar-refractivity contribution is 9.10. The summed E-state index contributed by atoms with van der Waals surface area (Å²) in [6.45, 7) is 2.50. The molecule has 1 saturated heterocycles. The molecule has 3 rings (SSSR count). The molecule has 1 aromatic carbocycles. The first kappa shape index (κ1) is 16.0. The fraction of sp³-hybridized carbons (Fsp3) is 0.375. The zero-order valence-corrected chi connectivity index (χ0v) is 14.4. The highest BCUT2D eigenvalue weighted by Gasteiger charge is 2.20. The summed E-state index contributed by atoms with van der Waals surface area (Å²) >= 11 is 3.52. The van der Waals surface area contributed by atoms with Gasteiger partial charge in [-0.3, -0.25) is 14.3 Å². The number of halogens is 1. The molecule has 122 valence electrons. The summed E-state index contributed by atoms with van der Waals surface area (Å²) in [6.07, 6.45) is 0.456. The van der Waals surface area contributed by atoms with Crippen LogP contribution in [0.4, 0.5) is 5.82 Å². The minimum atomic E-state index is -0.396. The van der Waals surface area contributed by atoms with Gasteiger partial charge in [-0.1, -0.05) is 34.1 Å². The van der Waals surface area contributed by atoms with Crippen LogP contribution >= 0.6 is 15.9 Å². The second-order valence-corrected chi connectivity index (χ2v) is 6.34. The van der Waals surface area contributed by atoms with Gasteiger partial charge in [0.05, 0.1) is 18.8 Å². The minimum absolute atomic E-state index is 0.258. The Morgan fingerprint density at radius 3 is 2.61 bits per heavy atom. The van der Waals surface area contributed by atoms with E-state index in [2.05, 4.69) is 20.9 Å². The molecule has 0 atom stereocenters. The van der Waals surface area contributed by atoms with Crippen molar-refractivity contribution in [3.8, 4) is 0 Å². The number of aromatic nitrogens is 2. The van der Waals surface area contributed by atoms with Gasteiger partial charge in [-0.05, 0) is 11.6 Å². The zero-order chi connectivity index (χ0) is 16.4. The van der Waals surface area contributed by atoms with Crippen LogP contribution < -0.4 is 16.1 Å². The molecule has 7 heteroatoms. The highest BCUT2D eigenvalue weighted by atomic mass is 79.9. The number of aromatic amines is 1. The lowest BCUT2D eigenvalue weighted by Gasteiger charge is -2.30. The van der Waals surface area contributed by atoms with Crippen LogP contribution in [0.15, 0.2) is 38.3 Å². The van der Waals surface area contributed by atoms with E-state index in [1.807, 2.05) is 29.2 Å². The summed E-state index contributed by atoms with van der Waals surface area (Å²) in [5, 5.41) is 0. The van der Waals surface area contributed by atoms with Crippen molar-refractivity contribution in [3.05, 3.63) is 60.7 Å². The number of morpholine rings is 1. The first-order valence-electron chi connectivity index (χ1n) is 7.46. The van der Waals surface area contributed by atoms with Gasteiger partial charge >= 0.3 is 5.69 Å². The summed E-state index contributed by atoms with van der Waals surface area (Å²) in [6, 6.07) is 7.78. The smallest absolute Gasteiger partial charge is 0.329 e. The van der Waals surface area contributed by atoms with Crippen molar-refractivity contribution in [2.24, 2.45) is 7.05 Å². The molecular formula is C16H18BrN3O3. The van der Waals surface area contributed by atoms with E-state index in [1.165, 1.54) is 7.05 Å². The zero-order valence-electron chi connectivity index (χ0n) is 12.8. The Morgan fingerprint density at radius 2 is 1.91 bits per heavy atom. The highest BCUT2D eigenvalue weighted by Crippen LogP contribution is 2.22. The fourth-order valence-corrected chi connectivity index (χ4v) is 3.13. The third kappa shape index (κ3) is 3.25. The van der Waals surface area contributed by atoms with E-state index in [4.69, 9.17) is 4.74 Å². The van der Waals surface area contributed by atoms with E-state index in [0.29, 0.717) is 44.1 Å². The van der Waals surface area contributed by atoms with Gasteiger partial charge in [0.25, 0.3) is 5.56 Å². The largest absolute Gasteiger partial charge is 0.378 e. The molecule has 0 aliphatic carbocycles. The normalized spacial score (nSPS) is 15.0. The van der Waals surface area contributed by atoms with E-state index in [0.717, 1.165) is 14.6 Å². The average Bonchev–Trinajstić information content (AvgIpc) is 2.57. The van der Waals surface area contributed by atoms with Gasteiger partial charge in [0, 0.05) is 31.0 Å². The number of hydrogen-bond acceptors (Lipinski definition) is 4. The maximum atomic E-state index is 12.6. The van der Waals surface area contributed by atoms with Gasteiger partial charge in [-0.2, -0.15) is 0 Å². The average molecular weight is 380 g/mol. The molecule has 1 fully saturated rings. The number of nitrogens with zero attached hydrogens (tertiary/aromatic N) is 2. The lowest BCUT2D eigenvalue weighted by Crippen LogP contribution is -2.43. The summed E-state index contributed by atoms with van der Waals surface area (Å²) in [4.78, 5) is 29.5. The maximum Gasteiger partial charge on any atom is 0.329 e. The van der Waals surface area contributed by atoms with Gasteiger partial charge in [0.1, 0.15) is 5.82 Å². The van der Waals surface area contributed by atoms with Crippen LogP contribution in [0.5, 0.6) is 0 Å². The van der Waals surface area contributed by atoms with Gasteiger partial charge in [-0.15, -0.1) is 0 Å². The number of benzene rings is 1. The first-order chi connectivity index (χ1) is 11.1. The predicted molar refractivity (Wildman–Crippen MR) is 92.3 cm³/mol. The van der Waals surface area contributed by atoms with Crippen molar-refractivity contribution in [1.29, 1.82) is 0 Å². The third-order valence-corrected chi connectivity index (χ3v) is 4.80. The predicted octanol–water partition coefficient (Wildman–Crippen LogP) is 1.26. The molecule has 2 aromatic rings. The second kappa shape index (κ2) is 6.72. The molecule has 23 heavy (non-hydrogen) atoms. The Kier molecular flexibility index (Phi) is 4.68. The van der Waals surface area contributed by atoms with Gasteiger partial charge in [0.2, 0.25) is 0 Å². The summed E-state index contributed by atoms with van der Waals surface area (Å²) in [5.74, 6) is 0.608. The van der Waals surface area contributed by atoms with Crippen molar-refractivity contribution >= 4 is 21.7 Å². The van der Waals surface area contributed by atoms with Crippen molar-refractivity contribution in [3.63, 3.8) is 0 Å². The number of anilines is 1. The van der Waals surface area contributed by atoms with Crippen molar-refractivity contribution in [1.82, 2.24) is 9.55 Å². The topological polar surface area (TPSA) is 67.3 Å². The molecule has 1 aliphatic rings. The second-order valence-electron chi connectivity index (χ2n) is 5.49. The Balaban J connectivity index is 2.10. The number of H-pyrrole nitrogens is 1. The Bertz CT molecular complexity index is 822. The van der Waals surface area contributed by atoms with Crippen LogP contribution in [0.1, 0.15) is 11.1 Å². The summed E-state index contributed by atoms with van der Waals surface area (Å²) in [7, 11) is 1.49. The molecule has 0 bridgehead atoms. The number of hydrogen-bond donors (Lipinski definition) is 1. The minimum Gasteiger partial charge on any atom is -0.378 e. The van der Waals surface area contributed by atoms with Gasteiger partial charge < -0.3 is 9.64 Å². The summed E-state index contributed by atoms with van der Waals surface area (Å²) < 4.78 is 7.42. The molecule has 0 unspecified atom stereocenters. The molecule has 2 heterocycles. The molecule has 1 aromatic heterocycles. The first-order valence-corrected chi connectivity index (χ1v) is 8.25. The molecule has 6 nitrogen and oxygen atoms in total. The van der Waals surface area contributed by atoms with E-state index in [1.54, 1.807) is 0 Å². The van der Waals surface area contributed by atoms with Crippen LogP contribution in [-0.4, -0.2) is 35.9 Å². The molecule has 0 radical (unpaired) electrons. The van der Waals surface area contributed by atoms with Crippen LogP contribution in [0.3, 0.4) is 0 Å². The van der Waals surface area contributed by atoms with Crippen LogP contribution in [0, 0.1) is 0 Å². The Labute approximate surface area is 141 Å². The number of nitrogens with one attached hydrogen (secondary N) is 1. The monoisotopic (exact) mass is 379 g/mol. The summed E-state index contributed by atoms with van der Waals surface area (Å²) in [5.41, 5.74) is 0.949.